The Morgan fingerprint density at radius 3 is 2.19 bits per heavy atom. The molecule has 0 aliphatic heterocycles. The Bertz CT molecular complexity index is 1330. The zero-order valence-electron chi connectivity index (χ0n) is 26.5. The lowest BCUT2D eigenvalue weighted by molar-refractivity contribution is -0.203. The number of hydrogen-bond acceptors (Lipinski definition) is 5. The van der Waals surface area contributed by atoms with Gasteiger partial charge in [-0.05, 0) is 102 Å². The van der Waals surface area contributed by atoms with Crippen molar-refractivity contribution in [1.82, 2.24) is 0 Å². The Morgan fingerprint density at radius 1 is 0.976 bits per heavy atom. The van der Waals surface area contributed by atoms with E-state index < -0.39 is 21.0 Å². The molecular formula is C33H49F3O5S. The maximum absolute atomic E-state index is 13.6. The van der Waals surface area contributed by atoms with Crippen LogP contribution in [-0.4, -0.2) is 31.4 Å². The molecule has 9 heteroatoms. The van der Waals surface area contributed by atoms with Crippen molar-refractivity contribution in [1.29, 1.82) is 0 Å². The summed E-state index contributed by atoms with van der Waals surface area (Å²) in [6, 6.07) is 0. The Balaban J connectivity index is 1.56. The number of halogens is 3. The first-order valence-electron chi connectivity index (χ1n) is 15.7. The number of fused-ring (bicyclic) bond motifs is 7. The molecular weight excluding hydrogens is 565 g/mol. The molecule has 0 amide bonds. The van der Waals surface area contributed by atoms with E-state index in [0.29, 0.717) is 12.8 Å². The maximum Gasteiger partial charge on any atom is 0.534 e. The van der Waals surface area contributed by atoms with Crippen molar-refractivity contribution in [2.75, 3.05) is 6.61 Å². The van der Waals surface area contributed by atoms with Gasteiger partial charge in [0.05, 0.1) is 0 Å². The van der Waals surface area contributed by atoms with Gasteiger partial charge in [-0.25, -0.2) is 0 Å². The van der Waals surface area contributed by atoms with E-state index in [1.165, 1.54) is 5.57 Å². The molecule has 0 bridgehead atoms. The molecule has 1 N–H and O–H groups in total. The van der Waals surface area contributed by atoms with Crippen LogP contribution in [0.15, 0.2) is 23.0 Å². The number of ketones is 1. The van der Waals surface area contributed by atoms with E-state index >= 15 is 0 Å². The van der Waals surface area contributed by atoms with Crippen molar-refractivity contribution in [3.8, 4) is 0 Å². The van der Waals surface area contributed by atoms with Crippen molar-refractivity contribution < 1.29 is 35.7 Å². The van der Waals surface area contributed by atoms with Gasteiger partial charge in [-0.3, -0.25) is 4.79 Å². The van der Waals surface area contributed by atoms with Crippen LogP contribution in [0, 0.1) is 56.7 Å². The number of aliphatic hydroxyl groups is 1. The van der Waals surface area contributed by atoms with Crippen molar-refractivity contribution >= 4 is 15.9 Å². The van der Waals surface area contributed by atoms with Crippen LogP contribution in [0.25, 0.3) is 0 Å². The summed E-state index contributed by atoms with van der Waals surface area (Å²) in [5.41, 5.74) is -4.72. The molecule has 3 saturated carbocycles. The van der Waals surface area contributed by atoms with Gasteiger partial charge in [0, 0.05) is 23.9 Å². The van der Waals surface area contributed by atoms with Crippen LogP contribution in [0.2, 0.25) is 0 Å². The van der Waals surface area contributed by atoms with Crippen LogP contribution >= 0.6 is 0 Å². The van der Waals surface area contributed by atoms with Gasteiger partial charge in [0.2, 0.25) is 0 Å². The summed E-state index contributed by atoms with van der Waals surface area (Å²) in [7, 11) is -5.75. The number of aliphatic hydroxyl groups excluding tert-OH is 1. The summed E-state index contributed by atoms with van der Waals surface area (Å²) in [6.45, 7) is 17.1. The lowest BCUT2D eigenvalue weighted by Crippen LogP contribution is -2.64. The van der Waals surface area contributed by atoms with E-state index in [4.69, 9.17) is 4.18 Å². The van der Waals surface area contributed by atoms with Gasteiger partial charge < -0.3 is 9.29 Å². The number of alkyl halides is 3. The zero-order chi connectivity index (χ0) is 31.5. The minimum Gasteiger partial charge on any atom is -0.396 e. The van der Waals surface area contributed by atoms with Crippen molar-refractivity contribution in [2.24, 2.45) is 56.7 Å². The van der Waals surface area contributed by atoms with Gasteiger partial charge in [-0.2, -0.15) is 21.6 Å². The highest BCUT2D eigenvalue weighted by atomic mass is 32.2. The van der Waals surface area contributed by atoms with E-state index in [0.717, 1.165) is 44.1 Å². The largest absolute Gasteiger partial charge is 0.534 e. The molecule has 5 aliphatic carbocycles. The van der Waals surface area contributed by atoms with E-state index in [2.05, 4.69) is 41.5 Å². The molecule has 1 unspecified atom stereocenters. The minimum absolute atomic E-state index is 0.00621. The highest BCUT2D eigenvalue weighted by molar-refractivity contribution is 7.87. The first kappa shape index (κ1) is 32.1. The highest BCUT2D eigenvalue weighted by Crippen LogP contribution is 2.77. The molecule has 8 atom stereocenters. The number of allylic oxidation sites excluding steroid dienone is 4. The molecule has 3 fully saturated rings. The molecule has 0 aromatic rings. The Morgan fingerprint density at radius 2 is 1.62 bits per heavy atom. The van der Waals surface area contributed by atoms with Gasteiger partial charge >= 0.3 is 15.6 Å². The summed E-state index contributed by atoms with van der Waals surface area (Å²) in [5.74, 6) is 0.763. The standard InChI is InChI=1S/C33H49F3O5S/c1-19(2)26-22(38)17-32(20(3)18-37)16-15-30(7)21(27(26)32)9-10-24-29(6)13-12-25(41-42(39,40)33(34,35)36)28(4,5)23(29)11-14-31(24,30)8/h12,19-21,23-24,37H,9-11,13-18H2,1-8H3/t20?,21-,23+,24-,29+,30-,31-,32+/m1/s1. The van der Waals surface area contributed by atoms with Crippen LogP contribution < -0.4 is 0 Å². The SMILES string of the molecule is CC(C)C1=C2[C@H]3CC[C@@H]4[C@@]5(C)CC=C(OS(=O)(=O)C(F)(F)F)C(C)(C)[C@@H]5CC[C@@]4(C)[C@]3(C)CC[C@@]2(C(C)CO)CC1=O. The summed E-state index contributed by atoms with van der Waals surface area (Å²) >= 11 is 0. The minimum atomic E-state index is -5.75. The Kier molecular flexibility index (Phi) is 7.31. The van der Waals surface area contributed by atoms with Gasteiger partial charge in [0.1, 0.15) is 5.76 Å². The summed E-state index contributed by atoms with van der Waals surface area (Å²) in [5, 5.41) is 10.3. The Hall–Kier alpha value is -1.35. The second kappa shape index (κ2) is 9.58. The van der Waals surface area contributed by atoms with Crippen LogP contribution in [0.5, 0.6) is 0 Å². The van der Waals surface area contributed by atoms with Gasteiger partial charge in [-0.15, -0.1) is 0 Å². The molecule has 0 aromatic heterocycles. The normalized spacial score (nSPS) is 42.4. The topological polar surface area (TPSA) is 80.7 Å². The van der Waals surface area contributed by atoms with Crippen LogP contribution in [0.3, 0.4) is 0 Å². The van der Waals surface area contributed by atoms with Crippen LogP contribution in [0.4, 0.5) is 13.2 Å². The third-order valence-corrected chi connectivity index (χ3v) is 14.7. The van der Waals surface area contributed by atoms with Gasteiger partial charge in [0.25, 0.3) is 0 Å². The smallest absolute Gasteiger partial charge is 0.396 e. The third kappa shape index (κ3) is 4.03. The Labute approximate surface area is 249 Å². The van der Waals surface area contributed by atoms with E-state index in [9.17, 15) is 31.5 Å². The third-order valence-electron chi connectivity index (χ3n) is 13.7. The summed E-state index contributed by atoms with van der Waals surface area (Å²) in [4.78, 5) is 13.6. The fourth-order valence-electron chi connectivity index (χ4n) is 11.4. The second-order valence-electron chi connectivity index (χ2n) is 15.9. The van der Waals surface area contributed by atoms with Gasteiger partial charge in [-0.1, -0.05) is 61.0 Å². The van der Waals surface area contributed by atoms with Crippen LogP contribution in [0.1, 0.15) is 107 Å². The fourth-order valence-corrected chi connectivity index (χ4v) is 12.0. The average Bonchev–Trinajstić information content (AvgIpc) is 3.18. The maximum atomic E-state index is 13.6. The fraction of sp³-hybridized carbons (Fsp3) is 0.848. The van der Waals surface area contributed by atoms with Crippen LogP contribution in [-0.2, 0) is 19.1 Å². The molecule has 5 nitrogen and oxygen atoms in total. The lowest BCUT2D eigenvalue weighted by Gasteiger charge is -2.71. The number of carbonyl (C=O) groups is 1. The average molecular weight is 615 g/mol. The number of carbonyl (C=O) groups excluding carboxylic acids is 1. The number of Topliss-reactive ketones (excluding diaryl/α,β-unsaturated/α-hetero) is 1. The zero-order valence-corrected chi connectivity index (χ0v) is 27.3. The molecule has 42 heavy (non-hydrogen) atoms. The highest BCUT2D eigenvalue weighted by Gasteiger charge is 2.70. The molecule has 0 saturated heterocycles. The van der Waals surface area contributed by atoms with Gasteiger partial charge in [0.15, 0.2) is 5.78 Å². The number of rotatable bonds is 5. The predicted molar refractivity (Wildman–Crippen MR) is 155 cm³/mol. The molecule has 5 rings (SSSR count). The lowest BCUT2D eigenvalue weighted by atomic mass is 9.33. The first-order valence-corrected chi connectivity index (χ1v) is 17.1. The predicted octanol–water partition coefficient (Wildman–Crippen LogP) is 7.96. The summed E-state index contributed by atoms with van der Waals surface area (Å²) in [6.07, 6.45) is 7.94. The summed E-state index contributed by atoms with van der Waals surface area (Å²) < 4.78 is 68.5. The quantitative estimate of drug-likeness (QED) is 0.251. The van der Waals surface area contributed by atoms with Crippen molar-refractivity contribution in [2.45, 2.75) is 112 Å². The van der Waals surface area contributed by atoms with E-state index in [-0.39, 0.29) is 69.4 Å². The molecule has 0 aromatic carbocycles. The van der Waals surface area contributed by atoms with Crippen molar-refractivity contribution in [3.05, 3.63) is 23.0 Å². The first-order chi connectivity index (χ1) is 19.1. The molecule has 0 spiro atoms. The van der Waals surface area contributed by atoms with Crippen molar-refractivity contribution in [3.63, 3.8) is 0 Å². The molecule has 0 radical (unpaired) electrons. The molecule has 0 heterocycles. The van der Waals surface area contributed by atoms with E-state index in [1.54, 1.807) is 6.08 Å². The van der Waals surface area contributed by atoms with E-state index in [1.807, 2.05) is 13.8 Å². The monoisotopic (exact) mass is 614 g/mol. The molecule has 5 aliphatic rings. The molecule has 238 valence electrons. The second-order valence-corrected chi connectivity index (χ2v) is 17.5. The number of hydrogen-bond donors (Lipinski definition) is 1.